The Labute approximate surface area is 116 Å². The van der Waals surface area contributed by atoms with Crippen molar-refractivity contribution in [3.05, 3.63) is 61.6 Å². The molecule has 3 nitrogen and oxygen atoms in total. The summed E-state index contributed by atoms with van der Waals surface area (Å²) in [6, 6.07) is 9.67. The van der Waals surface area contributed by atoms with Crippen molar-refractivity contribution in [2.45, 2.75) is 6.54 Å². The molecule has 0 spiro atoms. The largest absolute Gasteiger partial charge is 0.300 e. The highest BCUT2D eigenvalue weighted by molar-refractivity contribution is 9.10. The van der Waals surface area contributed by atoms with Gasteiger partial charge in [0.05, 0.1) is 23.8 Å². The van der Waals surface area contributed by atoms with Crippen molar-refractivity contribution >= 4 is 38.3 Å². The van der Waals surface area contributed by atoms with Crippen molar-refractivity contribution in [2.75, 3.05) is 0 Å². The molecule has 0 radical (unpaired) electrons. The van der Waals surface area contributed by atoms with Gasteiger partial charge < -0.3 is 4.57 Å². The lowest BCUT2D eigenvalue weighted by molar-refractivity contribution is 0.796. The Kier molecular flexibility index (Phi) is 3.01. The van der Waals surface area contributed by atoms with Crippen LogP contribution in [-0.2, 0) is 6.54 Å². The van der Waals surface area contributed by atoms with Gasteiger partial charge in [-0.15, -0.1) is 11.3 Å². The molecule has 0 unspecified atom stereocenters. The average molecular weight is 321 g/mol. The first kappa shape index (κ1) is 11.6. The van der Waals surface area contributed by atoms with Crippen LogP contribution in [0.2, 0.25) is 0 Å². The highest BCUT2D eigenvalue weighted by atomic mass is 79.9. The highest BCUT2D eigenvalue weighted by Gasteiger charge is 2.07. The zero-order valence-electron chi connectivity index (χ0n) is 9.34. The van der Waals surface area contributed by atoms with Crippen molar-refractivity contribution in [2.24, 2.45) is 0 Å². The lowest BCUT2D eigenvalue weighted by Gasteiger charge is -2.08. The maximum absolute atomic E-state index is 12.0. The molecule has 1 aromatic carbocycles. The van der Waals surface area contributed by atoms with Crippen LogP contribution in [-0.4, -0.2) is 9.55 Å². The molecule has 3 aromatic rings. The second-order valence-corrected chi connectivity index (χ2v) is 5.72. The van der Waals surface area contributed by atoms with Crippen LogP contribution in [0.3, 0.4) is 0 Å². The molecule has 18 heavy (non-hydrogen) atoms. The molecule has 0 saturated heterocycles. The van der Waals surface area contributed by atoms with Crippen LogP contribution in [0.15, 0.2) is 51.2 Å². The van der Waals surface area contributed by atoms with Gasteiger partial charge in [0.25, 0.3) is 5.56 Å². The second kappa shape index (κ2) is 4.66. The van der Waals surface area contributed by atoms with E-state index in [4.69, 9.17) is 0 Å². The summed E-state index contributed by atoms with van der Waals surface area (Å²) < 4.78 is 2.79. The summed E-state index contributed by atoms with van der Waals surface area (Å²) in [5.74, 6) is 0. The zero-order valence-corrected chi connectivity index (χ0v) is 11.7. The first-order valence-corrected chi connectivity index (χ1v) is 7.09. The summed E-state index contributed by atoms with van der Waals surface area (Å²) in [5.41, 5.74) is 1.63. The zero-order chi connectivity index (χ0) is 12.5. The van der Waals surface area contributed by atoms with Crippen LogP contribution < -0.4 is 5.56 Å². The third-order valence-electron chi connectivity index (χ3n) is 2.75. The normalized spacial score (nSPS) is 10.9. The minimum atomic E-state index is -0.0750. The predicted octanol–water partition coefficient (Wildman–Crippen LogP) is 3.27. The number of para-hydroxylation sites is 2. The number of benzene rings is 1. The molecule has 0 amide bonds. The fourth-order valence-electron chi connectivity index (χ4n) is 1.86. The predicted molar refractivity (Wildman–Crippen MR) is 77.1 cm³/mol. The lowest BCUT2D eigenvalue weighted by atomic mass is 10.3. The molecule has 0 fully saturated rings. The standard InChI is InChI=1S/C13H9BrN2OS/c14-9-5-6-18-12(9)8-16-11-4-2-1-3-10(11)15-7-13(16)17/h1-7H,8H2. The van der Waals surface area contributed by atoms with Gasteiger partial charge in [-0.2, -0.15) is 0 Å². The van der Waals surface area contributed by atoms with Crippen molar-refractivity contribution in [1.29, 1.82) is 0 Å². The molecule has 3 rings (SSSR count). The van der Waals surface area contributed by atoms with E-state index >= 15 is 0 Å². The molecular formula is C13H9BrN2OS. The van der Waals surface area contributed by atoms with Crippen LogP contribution in [0, 0.1) is 0 Å². The smallest absolute Gasteiger partial charge is 0.269 e. The first-order valence-electron chi connectivity index (χ1n) is 5.42. The Hall–Kier alpha value is -1.46. The van der Waals surface area contributed by atoms with Gasteiger partial charge in [-0.25, -0.2) is 4.98 Å². The van der Waals surface area contributed by atoms with E-state index in [9.17, 15) is 4.79 Å². The Morgan fingerprint density at radius 1 is 1.28 bits per heavy atom. The molecular weight excluding hydrogens is 312 g/mol. The molecule has 0 bridgehead atoms. The van der Waals surface area contributed by atoms with E-state index in [1.807, 2.05) is 35.7 Å². The van der Waals surface area contributed by atoms with Crippen molar-refractivity contribution in [3.8, 4) is 0 Å². The monoisotopic (exact) mass is 320 g/mol. The van der Waals surface area contributed by atoms with Gasteiger partial charge >= 0.3 is 0 Å². The van der Waals surface area contributed by atoms with Crippen molar-refractivity contribution < 1.29 is 0 Å². The Morgan fingerprint density at radius 3 is 2.89 bits per heavy atom. The minimum absolute atomic E-state index is 0.0750. The quantitative estimate of drug-likeness (QED) is 0.726. The Balaban J connectivity index is 2.19. The first-order chi connectivity index (χ1) is 8.75. The molecule has 90 valence electrons. The minimum Gasteiger partial charge on any atom is -0.300 e. The number of aromatic nitrogens is 2. The van der Waals surface area contributed by atoms with E-state index in [1.165, 1.54) is 6.20 Å². The van der Waals surface area contributed by atoms with Crippen LogP contribution in [0.25, 0.3) is 11.0 Å². The van der Waals surface area contributed by atoms with E-state index in [1.54, 1.807) is 15.9 Å². The van der Waals surface area contributed by atoms with Gasteiger partial charge in [0.1, 0.15) is 0 Å². The summed E-state index contributed by atoms with van der Waals surface area (Å²) >= 11 is 5.13. The lowest BCUT2D eigenvalue weighted by Crippen LogP contribution is -2.20. The second-order valence-electron chi connectivity index (χ2n) is 3.86. The number of nitrogens with zero attached hydrogens (tertiary/aromatic N) is 2. The van der Waals surface area contributed by atoms with Crippen LogP contribution >= 0.6 is 27.3 Å². The van der Waals surface area contributed by atoms with Gasteiger partial charge in [-0.3, -0.25) is 4.79 Å². The van der Waals surface area contributed by atoms with Crippen LogP contribution in [0.1, 0.15) is 4.88 Å². The molecule has 0 saturated carbocycles. The average Bonchev–Trinajstić information content (AvgIpc) is 2.79. The molecule has 0 atom stereocenters. The number of rotatable bonds is 2. The van der Waals surface area contributed by atoms with Gasteiger partial charge in [-0.05, 0) is 39.5 Å². The van der Waals surface area contributed by atoms with Gasteiger partial charge in [-0.1, -0.05) is 12.1 Å². The van der Waals surface area contributed by atoms with Gasteiger partial charge in [0, 0.05) is 9.35 Å². The summed E-state index contributed by atoms with van der Waals surface area (Å²) in [4.78, 5) is 17.2. The summed E-state index contributed by atoms with van der Waals surface area (Å²) in [7, 11) is 0. The Morgan fingerprint density at radius 2 is 2.11 bits per heavy atom. The third-order valence-corrected chi connectivity index (χ3v) is 4.66. The maximum Gasteiger partial charge on any atom is 0.269 e. The van der Waals surface area contributed by atoms with Crippen LogP contribution in [0.5, 0.6) is 0 Å². The van der Waals surface area contributed by atoms with Crippen LogP contribution in [0.4, 0.5) is 0 Å². The fraction of sp³-hybridized carbons (Fsp3) is 0.0769. The Bertz CT molecular complexity index is 763. The van der Waals surface area contributed by atoms with E-state index in [0.717, 1.165) is 20.4 Å². The summed E-state index contributed by atoms with van der Waals surface area (Å²) in [6.07, 6.45) is 1.38. The molecule has 0 N–H and O–H groups in total. The third kappa shape index (κ3) is 2.00. The fourth-order valence-corrected chi connectivity index (χ4v) is 3.32. The van der Waals surface area contributed by atoms with E-state index in [2.05, 4.69) is 20.9 Å². The van der Waals surface area contributed by atoms with Crippen molar-refractivity contribution in [1.82, 2.24) is 9.55 Å². The van der Waals surface area contributed by atoms with E-state index in [-0.39, 0.29) is 5.56 Å². The molecule has 2 heterocycles. The number of fused-ring (bicyclic) bond motifs is 1. The number of hydrogen-bond acceptors (Lipinski definition) is 3. The summed E-state index contributed by atoms with van der Waals surface area (Å²) in [6.45, 7) is 0.570. The number of thiophene rings is 1. The molecule has 0 aliphatic carbocycles. The van der Waals surface area contributed by atoms with Crippen molar-refractivity contribution in [3.63, 3.8) is 0 Å². The molecule has 2 aromatic heterocycles. The maximum atomic E-state index is 12.0. The van der Waals surface area contributed by atoms with Gasteiger partial charge in [0.15, 0.2) is 0 Å². The van der Waals surface area contributed by atoms with E-state index < -0.39 is 0 Å². The number of hydrogen-bond donors (Lipinski definition) is 0. The topological polar surface area (TPSA) is 34.9 Å². The van der Waals surface area contributed by atoms with Gasteiger partial charge in [0.2, 0.25) is 0 Å². The summed E-state index contributed by atoms with van der Waals surface area (Å²) in [5, 5.41) is 2.01. The SMILES string of the molecule is O=c1cnc2ccccc2n1Cc1sccc1Br. The molecule has 0 aliphatic rings. The highest BCUT2D eigenvalue weighted by Crippen LogP contribution is 2.24. The molecule has 0 aliphatic heterocycles. The molecule has 5 heteroatoms. The van der Waals surface area contributed by atoms with E-state index in [0.29, 0.717) is 6.54 Å². The number of halogens is 1.